The number of ether oxygens (including phenoxy) is 3. The molecule has 4 aromatic rings. The molecule has 2 amide bonds. The Labute approximate surface area is 394 Å². The second-order valence-corrected chi connectivity index (χ2v) is 20.2. The number of nitrogens with one attached hydrogen (secondary N) is 3. The van der Waals surface area contributed by atoms with Crippen molar-refractivity contribution in [2.24, 2.45) is 14.1 Å². The molecular formula is C33H41BrCl2F4N9O14PS2. The summed E-state index contributed by atoms with van der Waals surface area (Å²) in [4.78, 5) is 70.7. The van der Waals surface area contributed by atoms with Crippen molar-refractivity contribution < 1.29 is 83.9 Å². The fourth-order valence-electron chi connectivity index (χ4n) is 4.38. The van der Waals surface area contributed by atoms with Gasteiger partial charge in [0.2, 0.25) is 17.7 Å². The van der Waals surface area contributed by atoms with Crippen LogP contribution in [-0.2, 0) is 55.3 Å². The Morgan fingerprint density at radius 1 is 1.00 bits per heavy atom. The third-order valence-electron chi connectivity index (χ3n) is 6.69. The smallest absolute Gasteiger partial charge is 0.434 e. The van der Waals surface area contributed by atoms with Crippen LogP contribution in [0.4, 0.5) is 28.3 Å². The number of esters is 1. The number of hydrogen-bond acceptors (Lipinski definition) is 16. The molecule has 1 atom stereocenters. The van der Waals surface area contributed by atoms with E-state index in [1.165, 1.54) is 20.3 Å². The van der Waals surface area contributed by atoms with Crippen LogP contribution < -0.4 is 29.7 Å². The van der Waals surface area contributed by atoms with E-state index < -0.39 is 98.4 Å². The number of aromatic nitrogens is 6. The maximum atomic E-state index is 14.3. The Balaban J connectivity index is 0.000000515. The van der Waals surface area contributed by atoms with E-state index in [1.807, 2.05) is 5.32 Å². The Morgan fingerprint density at radius 2 is 1.53 bits per heavy atom. The average Bonchev–Trinajstić information content (AvgIpc) is 3.63. The van der Waals surface area contributed by atoms with Crippen LogP contribution in [0.15, 0.2) is 27.7 Å². The number of carboxylic acids is 2. The van der Waals surface area contributed by atoms with Gasteiger partial charge in [-0.3, -0.25) is 24.8 Å². The molecule has 368 valence electrons. The van der Waals surface area contributed by atoms with Gasteiger partial charge < -0.3 is 38.8 Å². The monoisotopic (exact) mass is 1110 g/mol. The Kier molecular flexibility index (Phi) is 22.7. The van der Waals surface area contributed by atoms with Gasteiger partial charge in [0.1, 0.15) is 24.7 Å². The van der Waals surface area contributed by atoms with Crippen LogP contribution in [0.1, 0.15) is 40.3 Å². The molecule has 0 aliphatic carbocycles. The van der Waals surface area contributed by atoms with E-state index in [9.17, 15) is 54.6 Å². The molecule has 3 aromatic heterocycles. The van der Waals surface area contributed by atoms with E-state index in [0.29, 0.717) is 20.3 Å². The van der Waals surface area contributed by atoms with Crippen molar-refractivity contribution in [2.45, 2.75) is 31.2 Å². The first-order valence-corrected chi connectivity index (χ1v) is 24.6. The van der Waals surface area contributed by atoms with Crippen LogP contribution in [0.2, 0.25) is 10.2 Å². The summed E-state index contributed by atoms with van der Waals surface area (Å²) in [6.45, 7) is 2.75. The summed E-state index contributed by atoms with van der Waals surface area (Å²) < 4.78 is 105. The predicted octanol–water partition coefficient (Wildman–Crippen LogP) is 3.97. The number of aryl methyl sites for hydroxylation is 2. The minimum Gasteiger partial charge on any atom is -0.778 e. The number of benzene rings is 1. The molecule has 0 fully saturated rings. The van der Waals surface area contributed by atoms with Gasteiger partial charge in [0.05, 0.1) is 73.0 Å². The van der Waals surface area contributed by atoms with Gasteiger partial charge in [-0.25, -0.2) is 23.5 Å². The zero-order valence-electron chi connectivity index (χ0n) is 35.6. The highest BCUT2D eigenvalue weighted by molar-refractivity contribution is 9.10. The standard InChI is InChI=1S/C15H12BrClF4N2O2.C12H13ClN6O7S.C3H8NO5P.C3H9S/c1-6(2)25-14(24)7-4-8(10(18)5-9(7)17)12-11(16)13(15(19,20)21)23(3)22-12;1-19-9(7(10(20)21)8(13)17-19)27(23,24)18-12(22)16-11-14-5(25-2)4-6(15-11)26-3;5-3(6)1-4-2-10(7,8)9;1-4(2)3/h4-6H,1-3H3;4H,1-3H3,(H,20,21)(H2,14,15,16,18,22);4H,1-2H2,(H,5,6)(H2,7,8,9);1-3H3/q;;;+1/p-1. The zero-order chi connectivity index (χ0) is 51.2. The topological polar surface area (TPSA) is 328 Å². The minimum absolute atomic E-state index is 0.0478. The molecule has 0 saturated heterocycles. The predicted molar refractivity (Wildman–Crippen MR) is 232 cm³/mol. The summed E-state index contributed by atoms with van der Waals surface area (Å²) in [5.41, 5.74) is -2.64. The maximum absolute atomic E-state index is 14.3. The second kappa shape index (κ2) is 25.4. The molecule has 0 aliphatic heterocycles. The van der Waals surface area contributed by atoms with Crippen molar-refractivity contribution in [2.75, 3.05) is 51.1 Å². The molecule has 6 N–H and O–H groups in total. The summed E-state index contributed by atoms with van der Waals surface area (Å²) in [5.74, 6) is -4.76. The summed E-state index contributed by atoms with van der Waals surface area (Å²) >= 11 is 14.3. The zero-order valence-corrected chi connectivity index (χ0v) is 41.3. The first-order valence-electron chi connectivity index (χ1n) is 17.4. The lowest BCUT2D eigenvalue weighted by Crippen LogP contribution is -2.36. The van der Waals surface area contributed by atoms with Crippen molar-refractivity contribution in [3.8, 4) is 23.0 Å². The molecule has 3 heterocycles. The molecule has 66 heavy (non-hydrogen) atoms. The van der Waals surface area contributed by atoms with Crippen LogP contribution in [-0.4, -0.2) is 129 Å². The summed E-state index contributed by atoms with van der Waals surface area (Å²) in [7, 11) is -3.48. The number of carboxylic acid groups (broad SMARTS) is 2. The molecule has 1 unspecified atom stereocenters. The number of methoxy groups -OCH3 is 2. The van der Waals surface area contributed by atoms with E-state index in [1.54, 1.807) is 18.6 Å². The number of sulfonamides is 1. The number of alkyl halides is 3. The van der Waals surface area contributed by atoms with Gasteiger partial charge in [-0.05, 0) is 52.8 Å². The molecule has 0 aliphatic rings. The van der Waals surface area contributed by atoms with E-state index in [-0.39, 0.29) is 39.6 Å². The molecule has 33 heteroatoms. The Morgan fingerprint density at radius 3 is 1.95 bits per heavy atom. The molecule has 23 nitrogen and oxygen atoms in total. The van der Waals surface area contributed by atoms with E-state index in [4.69, 9.17) is 52.5 Å². The van der Waals surface area contributed by atoms with Crippen molar-refractivity contribution >= 4 is 97.5 Å². The average molecular weight is 1110 g/mol. The number of hydrogen-bond donors (Lipinski definition) is 6. The number of nitrogens with zero attached hydrogens (tertiary/aromatic N) is 6. The van der Waals surface area contributed by atoms with Gasteiger partial charge in [0, 0.05) is 19.7 Å². The van der Waals surface area contributed by atoms with Crippen molar-refractivity contribution in [3.63, 3.8) is 0 Å². The highest BCUT2D eigenvalue weighted by Gasteiger charge is 2.39. The Hall–Kier alpha value is -4.81. The van der Waals surface area contributed by atoms with Gasteiger partial charge in [-0.15, -0.1) is 0 Å². The van der Waals surface area contributed by atoms with Crippen molar-refractivity contribution in [1.82, 2.24) is 39.6 Å². The van der Waals surface area contributed by atoms with Crippen molar-refractivity contribution in [1.29, 1.82) is 0 Å². The summed E-state index contributed by atoms with van der Waals surface area (Å²) in [6, 6.07) is 1.92. The number of aliphatic carboxylic acids is 1. The fraction of sp³-hybridized carbons (Fsp3) is 0.394. The quantitative estimate of drug-likeness (QED) is 0.0477. The molecule has 4 rings (SSSR count). The highest BCUT2D eigenvalue weighted by atomic mass is 79.9. The van der Waals surface area contributed by atoms with Crippen molar-refractivity contribution in [3.05, 3.63) is 55.5 Å². The largest absolute Gasteiger partial charge is 0.778 e. The maximum Gasteiger partial charge on any atom is 0.434 e. The third-order valence-corrected chi connectivity index (χ3v) is 10.1. The summed E-state index contributed by atoms with van der Waals surface area (Å²) in [6.07, 6.45) is 0.732. The number of aromatic carboxylic acids is 1. The van der Waals surface area contributed by atoms with Crippen LogP contribution >= 0.6 is 46.7 Å². The van der Waals surface area contributed by atoms with Gasteiger partial charge in [0.15, 0.2) is 15.9 Å². The normalized spacial score (nSPS) is 12.0. The SMILES string of the molecule is CC(C)OC(=O)c1cc(-c2nn(C)c(C(F)(F)F)c2Br)c(F)cc1Cl.COc1cc(OC)nc(NC(=O)NS(=O)(=O)c2c(C(=O)O)c(Cl)nn2C)n1.C[S+](C)C.O=C(O)CNCP(=O)([O-])O. The number of rotatable bonds is 13. The highest BCUT2D eigenvalue weighted by Crippen LogP contribution is 2.41. The summed E-state index contributed by atoms with van der Waals surface area (Å²) in [5, 5.41) is 26.8. The van der Waals surface area contributed by atoms with Crippen LogP contribution in [0.3, 0.4) is 0 Å². The third kappa shape index (κ3) is 18.8. The number of carbonyl (C=O) groups is 4. The lowest BCUT2D eigenvalue weighted by atomic mass is 10.1. The number of anilines is 1. The first-order chi connectivity index (χ1) is 30.2. The van der Waals surface area contributed by atoms with E-state index in [0.717, 1.165) is 26.2 Å². The lowest BCUT2D eigenvalue weighted by Gasteiger charge is -2.14. The fourth-order valence-corrected chi connectivity index (χ4v) is 7.35. The van der Waals surface area contributed by atoms with Crippen LogP contribution in [0.25, 0.3) is 11.3 Å². The van der Waals surface area contributed by atoms with Gasteiger partial charge in [-0.1, -0.05) is 23.2 Å². The van der Waals surface area contributed by atoms with Crippen LogP contribution in [0, 0.1) is 5.82 Å². The van der Waals surface area contributed by atoms with Gasteiger partial charge >= 0.3 is 30.1 Å². The number of amides is 2. The van der Waals surface area contributed by atoms with Gasteiger partial charge in [0.25, 0.3) is 10.0 Å². The second-order valence-electron chi connectivity index (χ2n) is 13.0. The van der Waals surface area contributed by atoms with E-state index >= 15 is 0 Å². The number of halogens is 7. The minimum atomic E-state index is -4.69. The molecule has 0 spiro atoms. The van der Waals surface area contributed by atoms with Crippen LogP contribution in [0.5, 0.6) is 11.8 Å². The molecule has 1 aromatic carbocycles. The molecule has 0 bridgehead atoms. The Bertz CT molecular complexity index is 2520. The molecule has 0 radical (unpaired) electrons. The number of carbonyl (C=O) groups excluding carboxylic acids is 2. The first kappa shape index (κ1) is 59.2. The van der Waals surface area contributed by atoms with Gasteiger partial charge in [-0.2, -0.15) is 41.8 Å². The van der Waals surface area contributed by atoms with E-state index in [2.05, 4.69) is 60.2 Å². The molecular weight excluding hydrogens is 1070 g/mol. The molecule has 0 saturated carbocycles. The lowest BCUT2D eigenvalue weighted by molar-refractivity contribution is -0.193. The number of urea groups is 1.